The summed E-state index contributed by atoms with van der Waals surface area (Å²) in [4.78, 5) is 14.2. The molecule has 4 nitrogen and oxygen atoms in total. The van der Waals surface area contributed by atoms with Crippen molar-refractivity contribution in [3.05, 3.63) is 35.9 Å². The van der Waals surface area contributed by atoms with Gasteiger partial charge in [-0.2, -0.15) is 0 Å². The van der Waals surface area contributed by atoms with E-state index in [1.807, 2.05) is 37.4 Å². The van der Waals surface area contributed by atoms with E-state index in [4.69, 9.17) is 5.73 Å². The maximum atomic E-state index is 12.1. The highest BCUT2D eigenvalue weighted by atomic mass is 16.1. The molecule has 0 aromatic heterocycles. The van der Waals surface area contributed by atoms with Gasteiger partial charge in [-0.3, -0.25) is 4.79 Å². The molecule has 1 rings (SSSR count). The van der Waals surface area contributed by atoms with Crippen LogP contribution in [0.1, 0.15) is 25.8 Å². The van der Waals surface area contributed by atoms with E-state index in [-0.39, 0.29) is 5.91 Å². The van der Waals surface area contributed by atoms with Crippen LogP contribution in [0.4, 0.5) is 0 Å². The number of benzene rings is 1. The molecule has 0 heterocycles. The van der Waals surface area contributed by atoms with Crippen LogP contribution in [-0.2, 0) is 10.3 Å². The maximum Gasteiger partial charge on any atom is 0.243 e. The van der Waals surface area contributed by atoms with Crippen molar-refractivity contribution in [3.8, 4) is 0 Å². The third-order valence-corrected chi connectivity index (χ3v) is 3.94. The van der Waals surface area contributed by atoms with E-state index in [1.54, 1.807) is 7.05 Å². The van der Waals surface area contributed by atoms with Crippen LogP contribution >= 0.6 is 0 Å². The Morgan fingerprint density at radius 2 is 2.00 bits per heavy atom. The second kappa shape index (κ2) is 7.41. The molecule has 0 saturated carbocycles. The fourth-order valence-corrected chi connectivity index (χ4v) is 2.51. The average molecular weight is 277 g/mol. The Balaban J connectivity index is 2.98. The molecule has 0 fully saturated rings. The fourth-order valence-electron chi connectivity index (χ4n) is 2.51. The molecular formula is C16H27N3O. The van der Waals surface area contributed by atoms with Crippen molar-refractivity contribution in [1.82, 2.24) is 10.2 Å². The number of rotatable bonds is 8. The fraction of sp³-hybridized carbons (Fsp3) is 0.562. The molecular weight excluding hydrogens is 250 g/mol. The monoisotopic (exact) mass is 277 g/mol. The van der Waals surface area contributed by atoms with Gasteiger partial charge in [-0.25, -0.2) is 0 Å². The zero-order chi connectivity index (χ0) is 15.2. The first-order chi connectivity index (χ1) is 9.46. The molecule has 4 heteroatoms. The summed E-state index contributed by atoms with van der Waals surface area (Å²) in [5.41, 5.74) is 5.76. The van der Waals surface area contributed by atoms with Crippen molar-refractivity contribution < 1.29 is 4.79 Å². The van der Waals surface area contributed by atoms with E-state index in [0.717, 1.165) is 18.5 Å². The predicted molar refractivity (Wildman–Crippen MR) is 83.3 cm³/mol. The Labute approximate surface area is 122 Å². The first kappa shape index (κ1) is 16.7. The smallest absolute Gasteiger partial charge is 0.243 e. The van der Waals surface area contributed by atoms with Crippen molar-refractivity contribution in [1.29, 1.82) is 0 Å². The van der Waals surface area contributed by atoms with Gasteiger partial charge in [0.15, 0.2) is 0 Å². The van der Waals surface area contributed by atoms with Gasteiger partial charge in [-0.15, -0.1) is 0 Å². The minimum absolute atomic E-state index is 0.345. The molecule has 0 spiro atoms. The lowest BCUT2D eigenvalue weighted by atomic mass is 9.88. The van der Waals surface area contributed by atoms with Crippen molar-refractivity contribution in [2.75, 3.05) is 27.2 Å². The third-order valence-electron chi connectivity index (χ3n) is 3.94. The molecule has 1 aromatic rings. The summed E-state index contributed by atoms with van der Waals surface area (Å²) in [6.07, 6.45) is 1.12. The van der Waals surface area contributed by atoms with Gasteiger partial charge in [0.1, 0.15) is 5.54 Å². The summed E-state index contributed by atoms with van der Waals surface area (Å²) in [5.74, 6) is 0.250. The zero-order valence-electron chi connectivity index (χ0n) is 13.0. The van der Waals surface area contributed by atoms with Crippen LogP contribution < -0.4 is 11.1 Å². The normalized spacial score (nSPS) is 15.8. The topological polar surface area (TPSA) is 58.4 Å². The van der Waals surface area contributed by atoms with Crippen molar-refractivity contribution >= 4 is 5.91 Å². The molecule has 0 bridgehead atoms. The predicted octanol–water partition coefficient (Wildman–Crippen LogP) is 1.56. The number of hydrogen-bond donors (Lipinski definition) is 2. The molecule has 1 amide bonds. The minimum atomic E-state index is -0.844. The van der Waals surface area contributed by atoms with Crippen LogP contribution in [0.5, 0.6) is 0 Å². The van der Waals surface area contributed by atoms with Gasteiger partial charge in [0, 0.05) is 13.1 Å². The molecule has 1 aromatic carbocycles. The molecule has 2 atom stereocenters. The Morgan fingerprint density at radius 1 is 1.40 bits per heavy atom. The number of likely N-dealkylation sites (N-methyl/N-ethyl adjacent to an activating group) is 2. The van der Waals surface area contributed by atoms with Crippen LogP contribution in [0.2, 0.25) is 0 Å². The van der Waals surface area contributed by atoms with Gasteiger partial charge in [0.05, 0.1) is 0 Å². The first-order valence-corrected chi connectivity index (χ1v) is 7.19. The van der Waals surface area contributed by atoms with Crippen molar-refractivity contribution in [2.24, 2.45) is 11.7 Å². The number of amides is 1. The molecule has 112 valence electrons. The van der Waals surface area contributed by atoms with E-state index in [1.165, 1.54) is 0 Å². The summed E-state index contributed by atoms with van der Waals surface area (Å²) in [7, 11) is 3.82. The van der Waals surface area contributed by atoms with Gasteiger partial charge in [-0.1, -0.05) is 50.6 Å². The summed E-state index contributed by atoms with van der Waals surface area (Å²) in [5, 5.41) is 3.14. The largest absolute Gasteiger partial charge is 0.368 e. The van der Waals surface area contributed by atoms with Crippen LogP contribution in [-0.4, -0.2) is 38.0 Å². The SMILES string of the molecule is CCC(C)CN(C)CC(NC)(C(N)=O)c1ccccc1. The number of nitrogens with zero attached hydrogens (tertiary/aromatic N) is 1. The van der Waals surface area contributed by atoms with Crippen LogP contribution in [0.3, 0.4) is 0 Å². The van der Waals surface area contributed by atoms with E-state index in [0.29, 0.717) is 12.5 Å². The number of nitrogens with two attached hydrogens (primary N) is 1. The quantitative estimate of drug-likeness (QED) is 0.758. The average Bonchev–Trinajstić information content (AvgIpc) is 2.45. The lowest BCUT2D eigenvalue weighted by molar-refractivity contribution is -0.125. The summed E-state index contributed by atoms with van der Waals surface area (Å²) >= 11 is 0. The van der Waals surface area contributed by atoms with Crippen LogP contribution in [0.15, 0.2) is 30.3 Å². The van der Waals surface area contributed by atoms with Crippen molar-refractivity contribution in [3.63, 3.8) is 0 Å². The molecule has 20 heavy (non-hydrogen) atoms. The van der Waals surface area contributed by atoms with Gasteiger partial charge in [-0.05, 0) is 25.6 Å². The second-order valence-electron chi connectivity index (χ2n) is 5.60. The second-order valence-corrected chi connectivity index (χ2v) is 5.60. The van der Waals surface area contributed by atoms with Gasteiger partial charge >= 0.3 is 0 Å². The lowest BCUT2D eigenvalue weighted by Gasteiger charge is -2.35. The molecule has 0 aliphatic rings. The Morgan fingerprint density at radius 3 is 2.45 bits per heavy atom. The number of hydrogen-bond acceptors (Lipinski definition) is 3. The summed E-state index contributed by atoms with van der Waals surface area (Å²) in [6.45, 7) is 5.90. The number of primary amides is 1. The Kier molecular flexibility index (Phi) is 6.17. The van der Waals surface area contributed by atoms with Crippen LogP contribution in [0, 0.1) is 5.92 Å². The van der Waals surface area contributed by atoms with Crippen LogP contribution in [0.25, 0.3) is 0 Å². The summed E-state index contributed by atoms with van der Waals surface area (Å²) in [6, 6.07) is 9.68. The highest BCUT2D eigenvalue weighted by Crippen LogP contribution is 2.22. The van der Waals surface area contributed by atoms with E-state index in [2.05, 4.69) is 24.1 Å². The summed E-state index contributed by atoms with van der Waals surface area (Å²) < 4.78 is 0. The molecule has 3 N–H and O–H groups in total. The molecule has 2 unspecified atom stereocenters. The van der Waals surface area contributed by atoms with E-state index >= 15 is 0 Å². The van der Waals surface area contributed by atoms with E-state index < -0.39 is 5.54 Å². The highest BCUT2D eigenvalue weighted by molar-refractivity contribution is 5.86. The van der Waals surface area contributed by atoms with Gasteiger partial charge < -0.3 is 16.0 Å². The van der Waals surface area contributed by atoms with E-state index in [9.17, 15) is 4.79 Å². The maximum absolute atomic E-state index is 12.1. The lowest BCUT2D eigenvalue weighted by Crippen LogP contribution is -2.57. The third kappa shape index (κ3) is 3.81. The number of carbonyl (C=O) groups excluding carboxylic acids is 1. The standard InChI is InChI=1S/C16H27N3O/c1-5-13(2)11-19(4)12-16(18-3,15(17)20)14-9-7-6-8-10-14/h6-10,13,18H,5,11-12H2,1-4H3,(H2,17,20). The molecule has 0 radical (unpaired) electrons. The molecule has 0 aliphatic carbocycles. The zero-order valence-corrected chi connectivity index (χ0v) is 13.0. The molecule has 0 saturated heterocycles. The highest BCUT2D eigenvalue weighted by Gasteiger charge is 2.38. The van der Waals surface area contributed by atoms with Crippen molar-refractivity contribution in [2.45, 2.75) is 25.8 Å². The van der Waals surface area contributed by atoms with Gasteiger partial charge in [0.2, 0.25) is 5.91 Å². The van der Waals surface area contributed by atoms with Gasteiger partial charge in [0.25, 0.3) is 0 Å². The number of nitrogens with one attached hydrogen (secondary N) is 1. The first-order valence-electron chi connectivity index (χ1n) is 7.19. The molecule has 0 aliphatic heterocycles. The number of carbonyl (C=O) groups is 1. The minimum Gasteiger partial charge on any atom is -0.368 e. The Hall–Kier alpha value is -1.39. The Bertz CT molecular complexity index is 421.